The highest BCUT2D eigenvalue weighted by Crippen LogP contribution is 2.19. The van der Waals surface area contributed by atoms with E-state index in [2.05, 4.69) is 16.4 Å². The summed E-state index contributed by atoms with van der Waals surface area (Å²) in [6.45, 7) is 0. The number of allylic oxidation sites excluding steroid dienone is 1. The van der Waals surface area contributed by atoms with Crippen molar-refractivity contribution in [1.29, 1.82) is 0 Å². The van der Waals surface area contributed by atoms with Crippen LogP contribution in [-0.4, -0.2) is 11.2 Å². The van der Waals surface area contributed by atoms with Gasteiger partial charge in [-0.3, -0.25) is 9.98 Å². The number of dihydropyridines is 1. The molecule has 1 aromatic heterocycles. The van der Waals surface area contributed by atoms with E-state index in [0.717, 1.165) is 5.69 Å². The first-order valence-corrected chi connectivity index (χ1v) is 3.82. The second-order valence-corrected chi connectivity index (χ2v) is 2.48. The summed E-state index contributed by atoms with van der Waals surface area (Å²) < 4.78 is 0. The lowest BCUT2D eigenvalue weighted by Crippen LogP contribution is -2.00. The molecular formula is C10H8N2. The van der Waals surface area contributed by atoms with Crippen molar-refractivity contribution in [3.8, 4) is 0 Å². The largest absolute Gasteiger partial charge is 0.282 e. The summed E-state index contributed by atoms with van der Waals surface area (Å²) in [6, 6.07) is 5.79. The Morgan fingerprint density at radius 2 is 2.33 bits per heavy atom. The fourth-order valence-electron chi connectivity index (χ4n) is 1.07. The quantitative estimate of drug-likeness (QED) is 0.609. The highest BCUT2D eigenvalue weighted by Gasteiger charge is 2.10. The molecule has 1 unspecified atom stereocenters. The zero-order chi connectivity index (χ0) is 8.23. The average Bonchev–Trinajstić information content (AvgIpc) is 2.21. The molecule has 2 rings (SSSR count). The first kappa shape index (κ1) is 7.22. The van der Waals surface area contributed by atoms with E-state index in [9.17, 15) is 0 Å². The average molecular weight is 156 g/mol. The SMILES string of the molecule is [C]1C=CC=NC1c1ccccn1. The summed E-state index contributed by atoms with van der Waals surface area (Å²) in [5.41, 5.74) is 0.943. The van der Waals surface area contributed by atoms with E-state index >= 15 is 0 Å². The Bertz CT molecular complexity index is 301. The minimum Gasteiger partial charge on any atom is -0.282 e. The van der Waals surface area contributed by atoms with Gasteiger partial charge in [-0.05, 0) is 18.2 Å². The van der Waals surface area contributed by atoms with Crippen LogP contribution in [0.15, 0.2) is 41.5 Å². The number of rotatable bonds is 1. The van der Waals surface area contributed by atoms with Gasteiger partial charge in [0.05, 0.1) is 5.69 Å². The molecule has 2 nitrogen and oxygen atoms in total. The number of hydrogen-bond donors (Lipinski definition) is 0. The fourth-order valence-corrected chi connectivity index (χ4v) is 1.07. The van der Waals surface area contributed by atoms with Gasteiger partial charge in [-0.2, -0.15) is 0 Å². The van der Waals surface area contributed by atoms with Crippen LogP contribution >= 0.6 is 0 Å². The van der Waals surface area contributed by atoms with E-state index in [1.54, 1.807) is 12.4 Å². The zero-order valence-corrected chi connectivity index (χ0v) is 6.51. The minimum absolute atomic E-state index is 0.0174. The molecule has 1 aliphatic rings. The predicted molar refractivity (Wildman–Crippen MR) is 47.9 cm³/mol. The standard InChI is InChI=1S/C10H8N2/c1-3-7-11-9(5-1)10-6-2-4-8-12-10/h1-5,7-8,10H. The summed E-state index contributed by atoms with van der Waals surface area (Å²) in [7, 11) is 0. The molecule has 0 N–H and O–H groups in total. The van der Waals surface area contributed by atoms with Gasteiger partial charge in [-0.1, -0.05) is 12.1 Å². The van der Waals surface area contributed by atoms with Gasteiger partial charge in [0.15, 0.2) is 0 Å². The molecular weight excluding hydrogens is 148 g/mol. The van der Waals surface area contributed by atoms with Crippen molar-refractivity contribution in [2.45, 2.75) is 6.04 Å². The monoisotopic (exact) mass is 156 g/mol. The van der Waals surface area contributed by atoms with Crippen LogP contribution in [0.25, 0.3) is 0 Å². The van der Waals surface area contributed by atoms with Crippen molar-refractivity contribution in [1.82, 2.24) is 4.98 Å². The molecule has 0 spiro atoms. The van der Waals surface area contributed by atoms with Crippen LogP contribution in [0.4, 0.5) is 0 Å². The fraction of sp³-hybridized carbons (Fsp3) is 0.100. The summed E-state index contributed by atoms with van der Waals surface area (Å²) in [5, 5.41) is 0. The molecule has 2 heteroatoms. The van der Waals surface area contributed by atoms with E-state index in [0.29, 0.717) is 0 Å². The summed E-state index contributed by atoms with van der Waals surface area (Å²) in [5.74, 6) is 0. The van der Waals surface area contributed by atoms with Gasteiger partial charge in [-0.25, -0.2) is 0 Å². The van der Waals surface area contributed by atoms with E-state index in [1.165, 1.54) is 0 Å². The number of hydrogen-bond acceptors (Lipinski definition) is 2. The smallest absolute Gasteiger partial charge is 0.103 e. The van der Waals surface area contributed by atoms with Gasteiger partial charge in [0.25, 0.3) is 0 Å². The maximum absolute atomic E-state index is 4.21. The molecule has 2 heterocycles. The lowest BCUT2D eigenvalue weighted by molar-refractivity contribution is 0.824. The molecule has 0 aromatic carbocycles. The van der Waals surface area contributed by atoms with E-state index < -0.39 is 0 Å². The van der Waals surface area contributed by atoms with Crippen molar-refractivity contribution in [2.75, 3.05) is 0 Å². The van der Waals surface area contributed by atoms with E-state index in [4.69, 9.17) is 0 Å². The predicted octanol–water partition coefficient (Wildman–Crippen LogP) is 1.84. The van der Waals surface area contributed by atoms with Crippen LogP contribution in [0, 0.1) is 6.42 Å². The molecule has 0 saturated carbocycles. The Balaban J connectivity index is 2.21. The molecule has 1 aliphatic heterocycles. The molecule has 0 fully saturated rings. The molecule has 1 atom stereocenters. The molecule has 0 amide bonds. The van der Waals surface area contributed by atoms with Crippen LogP contribution in [0.5, 0.6) is 0 Å². The zero-order valence-electron chi connectivity index (χ0n) is 6.51. The summed E-state index contributed by atoms with van der Waals surface area (Å²) in [6.07, 6.45) is 10.4. The van der Waals surface area contributed by atoms with Gasteiger partial charge in [-0.15, -0.1) is 0 Å². The van der Waals surface area contributed by atoms with Crippen molar-refractivity contribution < 1.29 is 0 Å². The molecule has 0 bridgehead atoms. The third kappa shape index (κ3) is 1.42. The summed E-state index contributed by atoms with van der Waals surface area (Å²) >= 11 is 0. The Hall–Kier alpha value is -1.44. The highest BCUT2D eigenvalue weighted by molar-refractivity contribution is 5.73. The van der Waals surface area contributed by atoms with Crippen LogP contribution in [0.2, 0.25) is 0 Å². The Morgan fingerprint density at radius 1 is 1.33 bits per heavy atom. The van der Waals surface area contributed by atoms with Crippen LogP contribution in [0.1, 0.15) is 11.7 Å². The molecule has 58 valence electrons. The van der Waals surface area contributed by atoms with Crippen molar-refractivity contribution in [2.24, 2.45) is 4.99 Å². The van der Waals surface area contributed by atoms with Gasteiger partial charge >= 0.3 is 0 Å². The maximum Gasteiger partial charge on any atom is 0.103 e. The van der Waals surface area contributed by atoms with E-state index in [-0.39, 0.29) is 6.04 Å². The summed E-state index contributed by atoms with van der Waals surface area (Å²) in [4.78, 5) is 8.41. The molecule has 1 aromatic rings. The first-order chi connectivity index (χ1) is 5.97. The molecule has 0 saturated heterocycles. The Labute approximate surface area is 71.7 Å². The van der Waals surface area contributed by atoms with Crippen molar-refractivity contribution >= 4 is 6.21 Å². The number of aliphatic imine (C=N–C) groups is 1. The Morgan fingerprint density at radius 3 is 3.00 bits per heavy atom. The maximum atomic E-state index is 4.21. The van der Waals surface area contributed by atoms with E-state index in [1.807, 2.05) is 30.4 Å². The van der Waals surface area contributed by atoms with Gasteiger partial charge < -0.3 is 0 Å². The first-order valence-electron chi connectivity index (χ1n) is 3.82. The second kappa shape index (κ2) is 3.30. The minimum atomic E-state index is -0.0174. The Kier molecular flexibility index (Phi) is 1.99. The lowest BCUT2D eigenvalue weighted by Gasteiger charge is -2.09. The molecule has 0 aliphatic carbocycles. The van der Waals surface area contributed by atoms with Gasteiger partial charge in [0.2, 0.25) is 0 Å². The van der Waals surface area contributed by atoms with Crippen molar-refractivity contribution in [3.63, 3.8) is 0 Å². The topological polar surface area (TPSA) is 25.2 Å². The van der Waals surface area contributed by atoms with Crippen LogP contribution < -0.4 is 0 Å². The third-order valence-corrected chi connectivity index (χ3v) is 1.64. The number of nitrogens with zero attached hydrogens (tertiary/aromatic N) is 2. The normalized spacial score (nSPS) is 21.2. The number of aromatic nitrogens is 1. The van der Waals surface area contributed by atoms with Crippen LogP contribution in [-0.2, 0) is 0 Å². The third-order valence-electron chi connectivity index (χ3n) is 1.64. The molecule has 12 heavy (non-hydrogen) atoms. The molecule has 2 radical (unpaired) electrons. The lowest BCUT2D eigenvalue weighted by atomic mass is 10.1. The number of pyridine rings is 1. The van der Waals surface area contributed by atoms with Gasteiger partial charge in [0.1, 0.15) is 6.04 Å². The highest BCUT2D eigenvalue weighted by atomic mass is 14.8. The van der Waals surface area contributed by atoms with Crippen molar-refractivity contribution in [3.05, 3.63) is 48.7 Å². The second-order valence-electron chi connectivity index (χ2n) is 2.48. The van der Waals surface area contributed by atoms with Gasteiger partial charge in [0, 0.05) is 18.8 Å². The van der Waals surface area contributed by atoms with Crippen LogP contribution in [0.3, 0.4) is 0 Å².